The maximum atomic E-state index is 4.46. The Hall–Kier alpha value is -0.830. The van der Waals surface area contributed by atoms with Crippen molar-refractivity contribution in [2.45, 2.75) is 57.4 Å². The maximum absolute atomic E-state index is 4.46. The van der Waals surface area contributed by atoms with Crippen LogP contribution >= 0.6 is 0 Å². The van der Waals surface area contributed by atoms with Crippen LogP contribution in [0.5, 0.6) is 0 Å². The van der Waals surface area contributed by atoms with Gasteiger partial charge in [-0.15, -0.1) is 0 Å². The fourth-order valence-corrected chi connectivity index (χ4v) is 3.42. The molecular weight excluding hydrogens is 222 g/mol. The van der Waals surface area contributed by atoms with Crippen LogP contribution < -0.4 is 5.32 Å². The molecule has 0 bridgehead atoms. The molecule has 1 saturated heterocycles. The van der Waals surface area contributed by atoms with E-state index in [9.17, 15) is 0 Å². The Morgan fingerprint density at radius 3 is 2.61 bits per heavy atom. The van der Waals surface area contributed by atoms with Crippen molar-refractivity contribution in [2.24, 2.45) is 5.92 Å². The minimum atomic E-state index is 0.236. The van der Waals surface area contributed by atoms with E-state index in [1.54, 1.807) is 0 Å². The second-order valence-corrected chi connectivity index (χ2v) is 6.89. The van der Waals surface area contributed by atoms with Crippen molar-refractivity contribution in [1.29, 1.82) is 0 Å². The molecule has 1 aromatic heterocycles. The lowest BCUT2D eigenvalue weighted by atomic mass is 9.77. The molecule has 2 aliphatic rings. The van der Waals surface area contributed by atoms with Gasteiger partial charge < -0.3 is 9.88 Å². The molecule has 1 N–H and O–H groups in total. The molecule has 3 rings (SSSR count). The van der Waals surface area contributed by atoms with Gasteiger partial charge in [-0.25, -0.2) is 4.98 Å². The Kier molecular flexibility index (Phi) is 2.77. The van der Waals surface area contributed by atoms with Gasteiger partial charge in [-0.05, 0) is 58.5 Å². The van der Waals surface area contributed by atoms with E-state index in [4.69, 9.17) is 0 Å². The highest BCUT2D eigenvalue weighted by Crippen LogP contribution is 2.46. The van der Waals surface area contributed by atoms with E-state index in [-0.39, 0.29) is 5.54 Å². The lowest BCUT2D eigenvalue weighted by Crippen LogP contribution is -2.41. The van der Waals surface area contributed by atoms with E-state index < -0.39 is 0 Å². The van der Waals surface area contributed by atoms with Gasteiger partial charge in [-0.2, -0.15) is 0 Å². The fraction of sp³-hybridized carbons (Fsp3) is 0.800. The quantitative estimate of drug-likeness (QED) is 0.890. The van der Waals surface area contributed by atoms with Crippen molar-refractivity contribution in [2.75, 3.05) is 13.1 Å². The lowest BCUT2D eigenvalue weighted by Gasteiger charge is -2.38. The van der Waals surface area contributed by atoms with E-state index in [0.717, 1.165) is 19.0 Å². The SMILES string of the molecule is CC1(c2cncn2C(C)(C)C2CC2)CCNCC1. The second-order valence-electron chi connectivity index (χ2n) is 6.89. The highest BCUT2D eigenvalue weighted by atomic mass is 15.1. The van der Waals surface area contributed by atoms with Gasteiger partial charge in [0.05, 0.1) is 6.33 Å². The van der Waals surface area contributed by atoms with Gasteiger partial charge in [-0.1, -0.05) is 6.92 Å². The van der Waals surface area contributed by atoms with Gasteiger partial charge in [0, 0.05) is 22.8 Å². The molecule has 1 aliphatic heterocycles. The topological polar surface area (TPSA) is 29.9 Å². The number of nitrogens with one attached hydrogen (secondary N) is 1. The maximum Gasteiger partial charge on any atom is 0.0953 e. The molecule has 0 atom stereocenters. The average molecular weight is 247 g/mol. The van der Waals surface area contributed by atoms with E-state index in [1.165, 1.54) is 31.4 Å². The summed E-state index contributed by atoms with van der Waals surface area (Å²) in [5, 5.41) is 3.47. The van der Waals surface area contributed by atoms with Gasteiger partial charge >= 0.3 is 0 Å². The van der Waals surface area contributed by atoms with Crippen LogP contribution in [-0.2, 0) is 11.0 Å². The highest BCUT2D eigenvalue weighted by molar-refractivity contribution is 5.18. The molecule has 0 aromatic carbocycles. The predicted octanol–water partition coefficient (Wildman–Crippen LogP) is 2.67. The van der Waals surface area contributed by atoms with Crippen LogP contribution in [0.15, 0.2) is 12.5 Å². The number of nitrogens with zero attached hydrogens (tertiary/aromatic N) is 2. The molecule has 3 nitrogen and oxygen atoms in total. The summed E-state index contributed by atoms with van der Waals surface area (Å²) in [5.74, 6) is 0.843. The van der Waals surface area contributed by atoms with Gasteiger partial charge in [-0.3, -0.25) is 0 Å². The standard InChI is InChI=1S/C15H25N3/c1-14(2,12-4-5-12)18-11-17-10-13(18)15(3)6-8-16-9-7-15/h10-12,16H,4-9H2,1-3H3. The smallest absolute Gasteiger partial charge is 0.0953 e. The molecule has 0 spiro atoms. The molecule has 0 unspecified atom stereocenters. The summed E-state index contributed by atoms with van der Waals surface area (Å²) in [5.41, 5.74) is 1.98. The van der Waals surface area contributed by atoms with Gasteiger partial charge in [0.1, 0.15) is 0 Å². The van der Waals surface area contributed by atoms with Crippen molar-refractivity contribution in [3.8, 4) is 0 Å². The second kappa shape index (κ2) is 4.09. The fourth-order valence-electron chi connectivity index (χ4n) is 3.42. The van der Waals surface area contributed by atoms with Crippen LogP contribution in [0.25, 0.3) is 0 Å². The number of rotatable bonds is 3. The molecule has 1 saturated carbocycles. The van der Waals surface area contributed by atoms with Crippen molar-refractivity contribution in [1.82, 2.24) is 14.9 Å². The molecule has 100 valence electrons. The summed E-state index contributed by atoms with van der Waals surface area (Å²) in [6.07, 6.45) is 9.36. The summed E-state index contributed by atoms with van der Waals surface area (Å²) in [6.45, 7) is 9.42. The summed E-state index contributed by atoms with van der Waals surface area (Å²) >= 11 is 0. The third-order valence-electron chi connectivity index (χ3n) is 5.16. The van der Waals surface area contributed by atoms with Crippen molar-refractivity contribution in [3.63, 3.8) is 0 Å². The highest BCUT2D eigenvalue weighted by Gasteiger charge is 2.42. The van der Waals surface area contributed by atoms with Gasteiger partial charge in [0.25, 0.3) is 0 Å². The van der Waals surface area contributed by atoms with Crippen LogP contribution in [0.2, 0.25) is 0 Å². The number of piperidine rings is 1. The largest absolute Gasteiger partial charge is 0.328 e. The minimum Gasteiger partial charge on any atom is -0.328 e. The first-order valence-electron chi connectivity index (χ1n) is 7.28. The number of imidazole rings is 1. The first-order chi connectivity index (χ1) is 8.54. The monoisotopic (exact) mass is 247 g/mol. The number of aromatic nitrogens is 2. The first kappa shape index (κ1) is 12.2. The molecule has 0 radical (unpaired) electrons. The van der Waals surface area contributed by atoms with Crippen molar-refractivity contribution in [3.05, 3.63) is 18.2 Å². The van der Waals surface area contributed by atoms with Crippen LogP contribution in [0, 0.1) is 5.92 Å². The zero-order valence-electron chi connectivity index (χ0n) is 11.9. The summed E-state index contributed by atoms with van der Waals surface area (Å²) in [4.78, 5) is 4.46. The van der Waals surface area contributed by atoms with E-state index in [2.05, 4.69) is 48.2 Å². The Labute approximate surface area is 110 Å². The molecule has 2 heterocycles. The van der Waals surface area contributed by atoms with Gasteiger partial charge in [0.15, 0.2) is 0 Å². The van der Waals surface area contributed by atoms with Crippen molar-refractivity contribution < 1.29 is 0 Å². The Morgan fingerprint density at radius 1 is 1.33 bits per heavy atom. The van der Waals surface area contributed by atoms with E-state index in [0.29, 0.717) is 5.41 Å². The minimum absolute atomic E-state index is 0.236. The zero-order chi connectivity index (χ0) is 12.8. The molecular formula is C15H25N3. The summed E-state index contributed by atoms with van der Waals surface area (Å²) in [6, 6.07) is 0. The summed E-state index contributed by atoms with van der Waals surface area (Å²) in [7, 11) is 0. The average Bonchev–Trinajstić information content (AvgIpc) is 3.07. The van der Waals surface area contributed by atoms with E-state index >= 15 is 0 Å². The Bertz CT molecular complexity index is 423. The Balaban J connectivity index is 1.95. The lowest BCUT2D eigenvalue weighted by molar-refractivity contribution is 0.252. The summed E-state index contributed by atoms with van der Waals surface area (Å²) < 4.78 is 2.47. The van der Waals surface area contributed by atoms with Crippen LogP contribution in [-0.4, -0.2) is 22.6 Å². The zero-order valence-corrected chi connectivity index (χ0v) is 11.9. The van der Waals surface area contributed by atoms with Crippen LogP contribution in [0.4, 0.5) is 0 Å². The molecule has 0 amide bonds. The third kappa shape index (κ3) is 1.89. The van der Waals surface area contributed by atoms with Crippen molar-refractivity contribution >= 4 is 0 Å². The molecule has 3 heteroatoms. The number of hydrogen-bond donors (Lipinski definition) is 1. The van der Waals surface area contributed by atoms with Crippen LogP contribution in [0.1, 0.15) is 52.1 Å². The molecule has 18 heavy (non-hydrogen) atoms. The molecule has 2 fully saturated rings. The molecule has 1 aromatic rings. The third-order valence-corrected chi connectivity index (χ3v) is 5.16. The number of hydrogen-bond acceptors (Lipinski definition) is 2. The molecule has 1 aliphatic carbocycles. The first-order valence-corrected chi connectivity index (χ1v) is 7.28. The predicted molar refractivity (Wildman–Crippen MR) is 73.7 cm³/mol. The van der Waals surface area contributed by atoms with Crippen LogP contribution in [0.3, 0.4) is 0 Å². The van der Waals surface area contributed by atoms with Gasteiger partial charge in [0.2, 0.25) is 0 Å². The Morgan fingerprint density at radius 2 is 2.00 bits per heavy atom. The normalized spacial score (nSPS) is 24.2. The van der Waals surface area contributed by atoms with E-state index in [1.807, 2.05) is 0 Å².